The van der Waals surface area contributed by atoms with Crippen molar-refractivity contribution in [3.63, 3.8) is 0 Å². The summed E-state index contributed by atoms with van der Waals surface area (Å²) in [6, 6.07) is 5.27. The van der Waals surface area contributed by atoms with Crippen LogP contribution in [0.25, 0.3) is 0 Å². The maximum Gasteiger partial charge on any atom is 0.573 e. The van der Waals surface area contributed by atoms with Gasteiger partial charge in [0.2, 0.25) is 5.72 Å². The van der Waals surface area contributed by atoms with Gasteiger partial charge in [0, 0.05) is 18.3 Å². The third-order valence-electron chi connectivity index (χ3n) is 4.00. The predicted molar refractivity (Wildman–Crippen MR) is 79.0 cm³/mol. The van der Waals surface area contributed by atoms with Crippen LogP contribution in [0.15, 0.2) is 30.7 Å². The summed E-state index contributed by atoms with van der Waals surface area (Å²) in [7, 11) is 1.09. The molecule has 10 heteroatoms. The number of hydrogen-bond donors (Lipinski definition) is 0. The molecule has 0 aliphatic carbocycles. The monoisotopic (exact) mass is 367 g/mol. The van der Waals surface area contributed by atoms with Gasteiger partial charge >= 0.3 is 12.5 Å². The number of hydrogen-bond acceptors (Lipinski definition) is 6. The van der Waals surface area contributed by atoms with Gasteiger partial charge in [-0.2, -0.15) is 5.26 Å². The molecule has 1 aromatic heterocycles. The van der Waals surface area contributed by atoms with Crippen molar-refractivity contribution in [1.29, 1.82) is 5.26 Å². The Labute approximate surface area is 145 Å². The fraction of sp³-hybridized carbons (Fsp3) is 0.312. The molecule has 7 nitrogen and oxygen atoms in total. The largest absolute Gasteiger partial charge is 0.573 e. The van der Waals surface area contributed by atoms with Crippen LogP contribution in [0.3, 0.4) is 0 Å². The first-order valence-corrected chi connectivity index (χ1v) is 7.38. The summed E-state index contributed by atoms with van der Waals surface area (Å²) in [6.07, 6.45) is -2.64. The van der Waals surface area contributed by atoms with E-state index in [1.54, 1.807) is 6.07 Å². The molecule has 1 atom stereocenters. The first-order chi connectivity index (χ1) is 12.3. The van der Waals surface area contributed by atoms with Gasteiger partial charge in [0.1, 0.15) is 5.75 Å². The Hall–Kier alpha value is -3.22. The van der Waals surface area contributed by atoms with E-state index in [1.807, 2.05) is 0 Å². The number of aryl methyl sites for hydroxylation is 1. The van der Waals surface area contributed by atoms with Crippen molar-refractivity contribution in [2.45, 2.75) is 24.9 Å². The van der Waals surface area contributed by atoms with Gasteiger partial charge in [-0.25, -0.2) is 9.78 Å². The van der Waals surface area contributed by atoms with Crippen LogP contribution in [0.5, 0.6) is 5.75 Å². The summed E-state index contributed by atoms with van der Waals surface area (Å²) in [5.41, 5.74) is -1.08. The van der Waals surface area contributed by atoms with Crippen molar-refractivity contribution in [2.24, 2.45) is 0 Å². The molecule has 1 aliphatic rings. The summed E-state index contributed by atoms with van der Waals surface area (Å²) < 4.78 is 54.1. The Morgan fingerprint density at radius 1 is 1.42 bits per heavy atom. The maximum absolute atomic E-state index is 12.9. The summed E-state index contributed by atoms with van der Waals surface area (Å²) in [4.78, 5) is 15.8. The van der Waals surface area contributed by atoms with E-state index in [9.17, 15) is 18.0 Å². The molecular weight excluding hydrogens is 355 g/mol. The van der Waals surface area contributed by atoms with Gasteiger partial charge in [0.15, 0.2) is 0 Å². The number of benzene rings is 1. The van der Waals surface area contributed by atoms with E-state index in [0.717, 1.165) is 13.2 Å². The lowest BCUT2D eigenvalue weighted by Gasteiger charge is -2.32. The summed E-state index contributed by atoms with van der Waals surface area (Å²) in [5.74, 6) is -0.637. The van der Waals surface area contributed by atoms with E-state index in [0.29, 0.717) is 12.1 Å². The van der Waals surface area contributed by atoms with E-state index in [4.69, 9.17) is 10.00 Å². The number of aromatic nitrogens is 2. The van der Waals surface area contributed by atoms with Gasteiger partial charge in [0.25, 0.3) is 0 Å². The average molecular weight is 367 g/mol. The Morgan fingerprint density at radius 3 is 2.85 bits per heavy atom. The van der Waals surface area contributed by atoms with E-state index < -0.39 is 24.0 Å². The van der Waals surface area contributed by atoms with E-state index in [2.05, 4.69) is 14.5 Å². The van der Waals surface area contributed by atoms with Gasteiger partial charge in [-0.3, -0.25) is 4.57 Å². The van der Waals surface area contributed by atoms with Gasteiger partial charge in [-0.05, 0) is 24.6 Å². The first-order valence-electron chi connectivity index (χ1n) is 7.38. The molecule has 0 N–H and O–H groups in total. The molecule has 0 bridgehead atoms. The molecule has 136 valence electrons. The minimum atomic E-state index is -4.99. The molecule has 0 saturated heterocycles. The lowest BCUT2D eigenvalue weighted by Crippen LogP contribution is -2.38. The number of alkyl halides is 3. The highest BCUT2D eigenvalue weighted by molar-refractivity contribution is 5.61. The van der Waals surface area contributed by atoms with Crippen molar-refractivity contribution < 1.29 is 32.2 Å². The standard InChI is InChI=1S/C16H12F3N3O4/c1-24-14(23)26-15(5-4-11-8-21-9-22(11)15)12-3-2-10(7-20)6-13(12)25-16(17,18)19/h2-3,6,8-9H,4-5H2,1H3. The number of methoxy groups -OCH3 is 1. The Morgan fingerprint density at radius 2 is 2.19 bits per heavy atom. The minimum Gasteiger partial charge on any atom is -0.438 e. The van der Waals surface area contributed by atoms with Crippen molar-refractivity contribution >= 4 is 6.16 Å². The zero-order valence-corrected chi connectivity index (χ0v) is 13.4. The van der Waals surface area contributed by atoms with Gasteiger partial charge < -0.3 is 14.2 Å². The van der Waals surface area contributed by atoms with Gasteiger partial charge in [-0.15, -0.1) is 13.2 Å². The second-order valence-electron chi connectivity index (χ2n) is 5.47. The lowest BCUT2D eigenvalue weighted by molar-refractivity contribution is -0.275. The van der Waals surface area contributed by atoms with E-state index >= 15 is 0 Å². The third kappa shape index (κ3) is 3.03. The average Bonchev–Trinajstić information content (AvgIpc) is 3.17. The van der Waals surface area contributed by atoms with Crippen molar-refractivity contribution in [3.05, 3.63) is 47.5 Å². The summed E-state index contributed by atoms with van der Waals surface area (Å²) in [5, 5.41) is 8.98. The molecule has 3 rings (SSSR count). The van der Waals surface area contributed by atoms with E-state index in [1.165, 1.54) is 29.2 Å². The highest BCUT2D eigenvalue weighted by Crippen LogP contribution is 2.44. The van der Waals surface area contributed by atoms with Gasteiger partial charge in [-0.1, -0.05) is 0 Å². The zero-order valence-electron chi connectivity index (χ0n) is 13.4. The number of nitrogens with zero attached hydrogens (tertiary/aromatic N) is 3. The molecule has 0 fully saturated rings. The van der Waals surface area contributed by atoms with Crippen molar-refractivity contribution in [1.82, 2.24) is 9.55 Å². The molecule has 2 heterocycles. The molecule has 1 aromatic carbocycles. The molecule has 0 radical (unpaired) electrons. The first kappa shape index (κ1) is 17.6. The number of fused-ring (bicyclic) bond motifs is 1. The Kier molecular flexibility index (Phi) is 4.23. The third-order valence-corrected chi connectivity index (χ3v) is 4.00. The Balaban J connectivity index is 2.20. The van der Waals surface area contributed by atoms with Crippen molar-refractivity contribution in [2.75, 3.05) is 7.11 Å². The van der Waals surface area contributed by atoms with Crippen LogP contribution in [0.2, 0.25) is 0 Å². The van der Waals surface area contributed by atoms with Crippen molar-refractivity contribution in [3.8, 4) is 11.8 Å². The van der Waals surface area contributed by atoms with E-state index in [-0.39, 0.29) is 17.5 Å². The second-order valence-corrected chi connectivity index (χ2v) is 5.47. The van der Waals surface area contributed by atoms with Crippen LogP contribution in [-0.4, -0.2) is 29.2 Å². The number of rotatable bonds is 3. The molecule has 0 spiro atoms. The molecular formula is C16H12F3N3O4. The van der Waals surface area contributed by atoms with Crippen LogP contribution in [-0.2, 0) is 21.6 Å². The number of nitriles is 1. The zero-order chi connectivity index (χ0) is 18.9. The fourth-order valence-electron chi connectivity index (χ4n) is 2.97. The number of carbonyl (C=O) groups excluding carboxylic acids is 1. The van der Waals surface area contributed by atoms with Crippen LogP contribution in [0.4, 0.5) is 18.0 Å². The van der Waals surface area contributed by atoms with Crippen LogP contribution < -0.4 is 4.74 Å². The molecule has 26 heavy (non-hydrogen) atoms. The molecule has 1 unspecified atom stereocenters. The van der Waals surface area contributed by atoms with Crippen LogP contribution in [0.1, 0.15) is 23.2 Å². The molecule has 0 saturated carbocycles. The molecule has 0 amide bonds. The van der Waals surface area contributed by atoms with Gasteiger partial charge in [0.05, 0.1) is 30.6 Å². The van der Waals surface area contributed by atoms with Crippen LogP contribution >= 0.6 is 0 Å². The topological polar surface area (TPSA) is 86.4 Å². The number of imidazole rings is 1. The number of ether oxygens (including phenoxy) is 3. The Bertz CT molecular complexity index is 888. The second kappa shape index (κ2) is 6.25. The smallest absolute Gasteiger partial charge is 0.438 e. The number of halogens is 3. The normalized spacial score (nSPS) is 18.7. The predicted octanol–water partition coefficient (Wildman–Crippen LogP) is 3.08. The number of carbonyl (C=O) groups is 1. The van der Waals surface area contributed by atoms with Crippen LogP contribution in [0, 0.1) is 11.3 Å². The minimum absolute atomic E-state index is 0.0370. The maximum atomic E-state index is 12.9. The highest BCUT2D eigenvalue weighted by atomic mass is 19.4. The summed E-state index contributed by atoms with van der Waals surface area (Å²) >= 11 is 0. The quantitative estimate of drug-likeness (QED) is 0.775. The molecule has 1 aliphatic heterocycles. The molecule has 2 aromatic rings. The highest BCUT2D eigenvalue weighted by Gasteiger charge is 2.47. The SMILES string of the molecule is COC(=O)OC1(c2ccc(C#N)cc2OC(F)(F)F)CCc2cncn21. The summed E-state index contributed by atoms with van der Waals surface area (Å²) in [6.45, 7) is 0. The lowest BCUT2D eigenvalue weighted by atomic mass is 9.97. The fourth-order valence-corrected chi connectivity index (χ4v) is 2.97.